The van der Waals surface area contributed by atoms with E-state index >= 15 is 0 Å². The van der Waals surface area contributed by atoms with Gasteiger partial charge in [-0.2, -0.15) is 0 Å². The van der Waals surface area contributed by atoms with Crippen molar-refractivity contribution >= 4 is 0 Å². The number of hydrogen-bond acceptors (Lipinski definition) is 2. The molecule has 2 unspecified atom stereocenters. The molecule has 0 aliphatic heterocycles. The fourth-order valence-corrected chi connectivity index (χ4v) is 4.12. The topological polar surface area (TPSA) is 32.3 Å². The van der Waals surface area contributed by atoms with Crippen molar-refractivity contribution in [1.82, 2.24) is 5.32 Å². The Morgan fingerprint density at radius 3 is 2.26 bits per heavy atom. The van der Waals surface area contributed by atoms with Crippen LogP contribution >= 0.6 is 0 Å². The van der Waals surface area contributed by atoms with Gasteiger partial charge in [0.25, 0.3) is 0 Å². The van der Waals surface area contributed by atoms with Crippen molar-refractivity contribution in [1.29, 1.82) is 0 Å². The third kappa shape index (κ3) is 3.95. The Morgan fingerprint density at radius 1 is 1.00 bits per heavy atom. The minimum atomic E-state index is 0.0228. The van der Waals surface area contributed by atoms with Gasteiger partial charge in [-0.3, -0.25) is 0 Å². The maximum atomic E-state index is 9.95. The molecule has 19 heavy (non-hydrogen) atoms. The molecule has 0 saturated heterocycles. The van der Waals surface area contributed by atoms with E-state index in [4.69, 9.17) is 0 Å². The molecule has 0 aromatic rings. The Kier molecular flexibility index (Phi) is 4.94. The third-order valence-corrected chi connectivity index (χ3v) is 5.57. The van der Waals surface area contributed by atoms with Gasteiger partial charge in [-0.05, 0) is 49.9 Å². The van der Waals surface area contributed by atoms with Crippen molar-refractivity contribution in [3.8, 4) is 0 Å². The lowest BCUT2D eigenvalue weighted by atomic mass is 9.76. The van der Waals surface area contributed by atoms with Gasteiger partial charge in [0.1, 0.15) is 0 Å². The second-order valence-corrected chi connectivity index (χ2v) is 8.06. The Morgan fingerprint density at radius 2 is 1.68 bits per heavy atom. The van der Waals surface area contributed by atoms with Crippen LogP contribution in [0.15, 0.2) is 0 Å². The van der Waals surface area contributed by atoms with Crippen LogP contribution in [0.3, 0.4) is 0 Å². The largest absolute Gasteiger partial charge is 0.394 e. The summed E-state index contributed by atoms with van der Waals surface area (Å²) in [5.74, 6) is 0.811. The SMILES string of the molecule is CC(C)(C)C1CCCC(CO)(NC2CCCC2)CC1. The molecule has 2 nitrogen and oxygen atoms in total. The summed E-state index contributed by atoms with van der Waals surface area (Å²) in [6.07, 6.45) is 11.5. The summed E-state index contributed by atoms with van der Waals surface area (Å²) in [4.78, 5) is 0. The average Bonchev–Trinajstić information content (AvgIpc) is 2.73. The molecular weight excluding hydrogens is 234 g/mol. The summed E-state index contributed by atoms with van der Waals surface area (Å²) in [7, 11) is 0. The molecule has 2 atom stereocenters. The van der Waals surface area contributed by atoms with E-state index in [0.717, 1.165) is 18.8 Å². The van der Waals surface area contributed by atoms with E-state index in [-0.39, 0.29) is 5.54 Å². The molecule has 2 aliphatic carbocycles. The van der Waals surface area contributed by atoms with Crippen molar-refractivity contribution in [2.75, 3.05) is 6.61 Å². The predicted molar refractivity (Wildman–Crippen MR) is 81.2 cm³/mol. The number of nitrogens with one attached hydrogen (secondary N) is 1. The van der Waals surface area contributed by atoms with Gasteiger partial charge in [0, 0.05) is 11.6 Å². The Hall–Kier alpha value is -0.0800. The molecule has 0 heterocycles. The lowest BCUT2D eigenvalue weighted by Crippen LogP contribution is -2.52. The summed E-state index contributed by atoms with van der Waals surface area (Å²) < 4.78 is 0. The Balaban J connectivity index is 1.97. The highest BCUT2D eigenvalue weighted by atomic mass is 16.3. The van der Waals surface area contributed by atoms with E-state index in [2.05, 4.69) is 26.1 Å². The first-order valence-corrected chi connectivity index (χ1v) is 8.34. The molecule has 2 fully saturated rings. The standard InChI is InChI=1S/C17H33NO/c1-16(2,3)14-7-6-11-17(13-19,12-10-14)18-15-8-4-5-9-15/h14-15,18-19H,4-13H2,1-3H3. The maximum Gasteiger partial charge on any atom is 0.0613 e. The minimum absolute atomic E-state index is 0.0228. The first-order valence-electron chi connectivity index (χ1n) is 8.34. The number of aliphatic hydroxyl groups is 1. The van der Waals surface area contributed by atoms with Gasteiger partial charge in [0.2, 0.25) is 0 Å². The maximum absolute atomic E-state index is 9.95. The average molecular weight is 267 g/mol. The number of aliphatic hydroxyl groups excluding tert-OH is 1. The minimum Gasteiger partial charge on any atom is -0.394 e. The van der Waals surface area contributed by atoms with E-state index in [9.17, 15) is 5.11 Å². The van der Waals surface area contributed by atoms with E-state index in [1.165, 1.54) is 44.9 Å². The Bertz CT molecular complexity index is 277. The summed E-state index contributed by atoms with van der Waals surface area (Å²) in [6.45, 7) is 7.43. The van der Waals surface area contributed by atoms with Crippen LogP contribution in [0.1, 0.15) is 78.6 Å². The van der Waals surface area contributed by atoms with E-state index in [0.29, 0.717) is 18.1 Å². The lowest BCUT2D eigenvalue weighted by molar-refractivity contribution is 0.125. The van der Waals surface area contributed by atoms with Crippen LogP contribution in [0.4, 0.5) is 0 Å². The van der Waals surface area contributed by atoms with Crippen molar-refractivity contribution in [2.24, 2.45) is 11.3 Å². The van der Waals surface area contributed by atoms with Crippen LogP contribution in [0.25, 0.3) is 0 Å². The zero-order chi connectivity index (χ0) is 13.9. The molecule has 0 aromatic carbocycles. The highest BCUT2D eigenvalue weighted by Crippen LogP contribution is 2.40. The van der Waals surface area contributed by atoms with Gasteiger partial charge >= 0.3 is 0 Å². The number of rotatable bonds is 3. The third-order valence-electron chi connectivity index (χ3n) is 5.57. The zero-order valence-corrected chi connectivity index (χ0v) is 13.2. The fraction of sp³-hybridized carbons (Fsp3) is 1.00. The highest BCUT2D eigenvalue weighted by molar-refractivity contribution is 4.95. The van der Waals surface area contributed by atoms with Crippen LogP contribution in [-0.4, -0.2) is 23.3 Å². The van der Waals surface area contributed by atoms with Crippen LogP contribution in [0.5, 0.6) is 0 Å². The molecule has 2 aliphatic rings. The lowest BCUT2D eigenvalue weighted by Gasteiger charge is -2.36. The van der Waals surface area contributed by atoms with Crippen molar-refractivity contribution in [3.63, 3.8) is 0 Å². The van der Waals surface area contributed by atoms with Crippen LogP contribution in [0.2, 0.25) is 0 Å². The highest BCUT2D eigenvalue weighted by Gasteiger charge is 2.37. The van der Waals surface area contributed by atoms with Gasteiger partial charge in [0.15, 0.2) is 0 Å². The molecule has 2 rings (SSSR count). The summed E-state index contributed by atoms with van der Waals surface area (Å²) in [6, 6.07) is 0.665. The van der Waals surface area contributed by atoms with E-state index in [1.54, 1.807) is 0 Å². The summed E-state index contributed by atoms with van der Waals surface area (Å²) in [5.41, 5.74) is 0.438. The molecule has 0 bridgehead atoms. The van der Waals surface area contributed by atoms with Gasteiger partial charge in [0.05, 0.1) is 6.61 Å². The van der Waals surface area contributed by atoms with Gasteiger partial charge in [-0.25, -0.2) is 0 Å². The first-order chi connectivity index (χ1) is 8.95. The zero-order valence-electron chi connectivity index (χ0n) is 13.2. The summed E-state index contributed by atoms with van der Waals surface area (Å²) in [5, 5.41) is 13.8. The second-order valence-electron chi connectivity index (χ2n) is 8.06. The number of hydrogen-bond donors (Lipinski definition) is 2. The van der Waals surface area contributed by atoms with Gasteiger partial charge in [-0.1, -0.05) is 40.0 Å². The molecule has 0 radical (unpaired) electrons. The van der Waals surface area contributed by atoms with Crippen molar-refractivity contribution < 1.29 is 5.11 Å². The molecule has 0 amide bonds. The van der Waals surface area contributed by atoms with Crippen LogP contribution in [-0.2, 0) is 0 Å². The fourth-order valence-electron chi connectivity index (χ4n) is 4.12. The van der Waals surface area contributed by atoms with E-state index in [1.807, 2.05) is 0 Å². The molecule has 2 heteroatoms. The normalized spacial score (nSPS) is 34.4. The molecule has 0 aromatic heterocycles. The molecular formula is C17H33NO. The Labute approximate surface area is 119 Å². The van der Waals surface area contributed by atoms with E-state index < -0.39 is 0 Å². The van der Waals surface area contributed by atoms with Crippen molar-refractivity contribution in [2.45, 2.75) is 90.1 Å². The smallest absolute Gasteiger partial charge is 0.0613 e. The molecule has 0 spiro atoms. The van der Waals surface area contributed by atoms with Crippen molar-refractivity contribution in [3.05, 3.63) is 0 Å². The second kappa shape index (κ2) is 6.13. The molecule has 112 valence electrons. The molecule has 2 saturated carbocycles. The van der Waals surface area contributed by atoms with Crippen LogP contribution < -0.4 is 5.32 Å². The van der Waals surface area contributed by atoms with Gasteiger partial charge in [-0.15, -0.1) is 0 Å². The quantitative estimate of drug-likeness (QED) is 0.761. The monoisotopic (exact) mass is 267 g/mol. The van der Waals surface area contributed by atoms with Gasteiger partial charge < -0.3 is 10.4 Å². The molecule has 2 N–H and O–H groups in total. The van der Waals surface area contributed by atoms with Crippen LogP contribution in [0, 0.1) is 11.3 Å². The predicted octanol–water partition coefficient (Wildman–Crippen LogP) is 3.88. The summed E-state index contributed by atoms with van der Waals surface area (Å²) >= 11 is 0. The first kappa shape index (κ1) is 15.3.